The van der Waals surface area contributed by atoms with Crippen molar-refractivity contribution in [1.29, 1.82) is 0 Å². The van der Waals surface area contributed by atoms with Crippen LogP contribution in [-0.2, 0) is 9.53 Å². The number of carboxylic acids is 1. The molecule has 0 saturated heterocycles. The molecule has 3 nitrogen and oxygen atoms in total. The Labute approximate surface area is 66.4 Å². The summed E-state index contributed by atoms with van der Waals surface area (Å²) in [6.45, 7) is 3.87. The first-order valence-electron chi connectivity index (χ1n) is 3.75. The fraction of sp³-hybridized carbons (Fsp3) is 0.875. The van der Waals surface area contributed by atoms with Gasteiger partial charge in [0.2, 0.25) is 0 Å². The van der Waals surface area contributed by atoms with Gasteiger partial charge in [-0.15, -0.1) is 0 Å². The van der Waals surface area contributed by atoms with Gasteiger partial charge in [-0.25, -0.2) is 0 Å². The van der Waals surface area contributed by atoms with Crippen molar-refractivity contribution in [2.75, 3.05) is 7.11 Å². The highest BCUT2D eigenvalue weighted by atomic mass is 16.5. The molecule has 1 N–H and O–H groups in total. The maximum absolute atomic E-state index is 10.6. The van der Waals surface area contributed by atoms with Crippen LogP contribution < -0.4 is 0 Å². The van der Waals surface area contributed by atoms with Gasteiger partial charge in [-0.2, -0.15) is 0 Å². The Balaban J connectivity index is 2.61. The maximum atomic E-state index is 10.6. The van der Waals surface area contributed by atoms with Crippen molar-refractivity contribution in [2.45, 2.75) is 26.4 Å². The van der Waals surface area contributed by atoms with Gasteiger partial charge in [0, 0.05) is 12.5 Å². The Morgan fingerprint density at radius 3 is 2.45 bits per heavy atom. The van der Waals surface area contributed by atoms with Gasteiger partial charge >= 0.3 is 5.97 Å². The third-order valence-electron chi connectivity index (χ3n) is 2.76. The van der Waals surface area contributed by atoms with Crippen LogP contribution in [0.2, 0.25) is 0 Å². The molecule has 1 fully saturated rings. The van der Waals surface area contributed by atoms with E-state index in [-0.39, 0.29) is 17.4 Å². The summed E-state index contributed by atoms with van der Waals surface area (Å²) in [6.07, 6.45) is 0.766. The standard InChI is InChI=1S/C8H14O3/c1-8(2)5(7(9)10)4-6(8)11-3/h5-6H,4H2,1-3H3,(H,9,10). The van der Waals surface area contributed by atoms with Crippen LogP contribution in [0.4, 0.5) is 0 Å². The average molecular weight is 158 g/mol. The first kappa shape index (κ1) is 8.53. The van der Waals surface area contributed by atoms with Gasteiger partial charge in [0.15, 0.2) is 0 Å². The average Bonchev–Trinajstić information content (AvgIpc) is 1.85. The molecule has 0 aromatic heterocycles. The molecule has 0 bridgehead atoms. The number of carbonyl (C=O) groups is 1. The molecule has 0 radical (unpaired) electrons. The van der Waals surface area contributed by atoms with Crippen molar-refractivity contribution in [3.05, 3.63) is 0 Å². The lowest BCUT2D eigenvalue weighted by molar-refractivity contribution is -0.172. The van der Waals surface area contributed by atoms with Gasteiger partial charge in [-0.05, 0) is 6.42 Å². The first-order valence-corrected chi connectivity index (χ1v) is 3.75. The van der Waals surface area contributed by atoms with Crippen molar-refractivity contribution in [1.82, 2.24) is 0 Å². The van der Waals surface area contributed by atoms with Crippen molar-refractivity contribution >= 4 is 5.97 Å². The predicted molar refractivity (Wildman–Crippen MR) is 40.3 cm³/mol. The maximum Gasteiger partial charge on any atom is 0.307 e. The topological polar surface area (TPSA) is 46.5 Å². The summed E-state index contributed by atoms with van der Waals surface area (Å²) in [6, 6.07) is 0. The van der Waals surface area contributed by atoms with Crippen molar-refractivity contribution < 1.29 is 14.6 Å². The summed E-state index contributed by atoms with van der Waals surface area (Å²) < 4.78 is 5.12. The molecule has 11 heavy (non-hydrogen) atoms. The lowest BCUT2D eigenvalue weighted by Gasteiger charge is -2.48. The molecule has 2 unspecified atom stereocenters. The van der Waals surface area contributed by atoms with Crippen LogP contribution in [0.3, 0.4) is 0 Å². The van der Waals surface area contributed by atoms with Crippen molar-refractivity contribution in [3.63, 3.8) is 0 Å². The molecule has 3 heteroatoms. The molecule has 0 spiro atoms. The number of rotatable bonds is 2. The van der Waals surface area contributed by atoms with Gasteiger partial charge in [-0.3, -0.25) is 4.79 Å². The zero-order valence-electron chi connectivity index (χ0n) is 7.13. The second kappa shape index (κ2) is 2.48. The van der Waals surface area contributed by atoms with Crippen molar-refractivity contribution in [2.24, 2.45) is 11.3 Å². The van der Waals surface area contributed by atoms with E-state index in [1.165, 1.54) is 0 Å². The van der Waals surface area contributed by atoms with E-state index >= 15 is 0 Å². The van der Waals surface area contributed by atoms with E-state index in [1.54, 1.807) is 7.11 Å². The fourth-order valence-electron chi connectivity index (χ4n) is 1.70. The minimum atomic E-state index is -0.705. The summed E-state index contributed by atoms with van der Waals surface area (Å²) in [5.74, 6) is -0.934. The van der Waals surface area contributed by atoms with Gasteiger partial charge in [-0.1, -0.05) is 13.8 Å². The minimum absolute atomic E-state index is 0.114. The lowest BCUT2D eigenvalue weighted by atomic mass is 9.60. The van der Waals surface area contributed by atoms with Crippen LogP contribution in [0.25, 0.3) is 0 Å². The molecule has 0 heterocycles. The number of hydrogen-bond donors (Lipinski definition) is 1. The largest absolute Gasteiger partial charge is 0.481 e. The third kappa shape index (κ3) is 1.13. The van der Waals surface area contributed by atoms with E-state index in [0.717, 1.165) is 0 Å². The van der Waals surface area contributed by atoms with E-state index in [2.05, 4.69) is 0 Å². The number of aliphatic carboxylic acids is 1. The smallest absolute Gasteiger partial charge is 0.307 e. The second-order valence-corrected chi connectivity index (χ2v) is 3.67. The Morgan fingerprint density at radius 2 is 2.18 bits per heavy atom. The van der Waals surface area contributed by atoms with Gasteiger partial charge < -0.3 is 9.84 Å². The molecular weight excluding hydrogens is 144 g/mol. The molecule has 0 aliphatic heterocycles. The zero-order valence-corrected chi connectivity index (χ0v) is 7.13. The summed E-state index contributed by atoms with van der Waals surface area (Å²) in [5.41, 5.74) is -0.194. The normalized spacial score (nSPS) is 34.5. The van der Waals surface area contributed by atoms with Gasteiger partial charge in [0.05, 0.1) is 12.0 Å². The Hall–Kier alpha value is -0.570. The molecular formula is C8H14O3. The fourth-order valence-corrected chi connectivity index (χ4v) is 1.70. The van der Waals surface area contributed by atoms with Crippen LogP contribution in [0, 0.1) is 11.3 Å². The van der Waals surface area contributed by atoms with E-state index in [1.807, 2.05) is 13.8 Å². The molecule has 1 saturated carbocycles. The van der Waals surface area contributed by atoms with E-state index < -0.39 is 5.97 Å². The first-order chi connectivity index (χ1) is 5.00. The SMILES string of the molecule is COC1CC(C(=O)O)C1(C)C. The van der Waals surface area contributed by atoms with Gasteiger partial charge in [0.25, 0.3) is 0 Å². The molecule has 0 amide bonds. The minimum Gasteiger partial charge on any atom is -0.481 e. The lowest BCUT2D eigenvalue weighted by Crippen LogP contribution is -2.53. The molecule has 2 atom stereocenters. The summed E-state index contributed by atoms with van der Waals surface area (Å²) >= 11 is 0. The Bertz CT molecular complexity index is 174. The summed E-state index contributed by atoms with van der Waals surface area (Å²) in [7, 11) is 1.63. The van der Waals surface area contributed by atoms with Crippen LogP contribution in [0.15, 0.2) is 0 Å². The number of methoxy groups -OCH3 is 1. The third-order valence-corrected chi connectivity index (χ3v) is 2.76. The molecule has 64 valence electrons. The monoisotopic (exact) mass is 158 g/mol. The number of ether oxygens (including phenoxy) is 1. The predicted octanol–water partition coefficient (Wildman–Crippen LogP) is 1.13. The van der Waals surface area contributed by atoms with Crippen molar-refractivity contribution in [3.8, 4) is 0 Å². The van der Waals surface area contributed by atoms with Crippen LogP contribution in [-0.4, -0.2) is 24.3 Å². The highest BCUT2D eigenvalue weighted by molar-refractivity contribution is 5.72. The summed E-state index contributed by atoms with van der Waals surface area (Å²) in [5, 5.41) is 8.73. The Kier molecular flexibility index (Phi) is 1.92. The molecule has 0 aromatic carbocycles. The molecule has 1 aliphatic rings. The highest BCUT2D eigenvalue weighted by Crippen LogP contribution is 2.47. The van der Waals surface area contributed by atoms with E-state index in [4.69, 9.17) is 9.84 Å². The van der Waals surface area contributed by atoms with Crippen LogP contribution in [0.5, 0.6) is 0 Å². The molecule has 1 aliphatic carbocycles. The highest BCUT2D eigenvalue weighted by Gasteiger charge is 2.52. The Morgan fingerprint density at radius 1 is 1.64 bits per heavy atom. The van der Waals surface area contributed by atoms with Crippen LogP contribution >= 0.6 is 0 Å². The van der Waals surface area contributed by atoms with E-state index in [9.17, 15) is 4.79 Å². The van der Waals surface area contributed by atoms with Crippen LogP contribution in [0.1, 0.15) is 20.3 Å². The number of carboxylic acid groups (broad SMARTS) is 1. The number of hydrogen-bond acceptors (Lipinski definition) is 2. The summed E-state index contributed by atoms with van der Waals surface area (Å²) in [4.78, 5) is 10.6. The molecule has 0 aromatic rings. The molecule has 1 rings (SSSR count). The van der Waals surface area contributed by atoms with E-state index in [0.29, 0.717) is 6.42 Å². The van der Waals surface area contributed by atoms with Gasteiger partial charge in [0.1, 0.15) is 0 Å². The second-order valence-electron chi connectivity index (χ2n) is 3.67. The quantitative estimate of drug-likeness (QED) is 0.655. The zero-order chi connectivity index (χ0) is 8.65.